The molecule has 0 unspecified atom stereocenters. The highest BCUT2D eigenvalue weighted by atomic mass is 16.6. The highest BCUT2D eigenvalue weighted by Crippen LogP contribution is 1.96. The van der Waals surface area contributed by atoms with Gasteiger partial charge in [0.2, 0.25) is 5.91 Å². The summed E-state index contributed by atoms with van der Waals surface area (Å²) in [6.07, 6.45) is 1.40. The number of carbonyl (C=O) groups is 1. The fourth-order valence-corrected chi connectivity index (χ4v) is 1.69. The molecule has 7 nitrogen and oxygen atoms in total. The molecule has 0 aliphatic rings. The number of amides is 1. The lowest BCUT2D eigenvalue weighted by Crippen LogP contribution is -2.26. The van der Waals surface area contributed by atoms with Crippen molar-refractivity contribution in [2.45, 2.75) is 26.7 Å². The third-order valence-corrected chi connectivity index (χ3v) is 3.13. The quantitative estimate of drug-likeness (QED) is 0.357. The van der Waals surface area contributed by atoms with Crippen LogP contribution in [-0.4, -0.2) is 78.9 Å². The highest BCUT2D eigenvalue weighted by molar-refractivity contribution is 5.75. The van der Waals surface area contributed by atoms with Crippen LogP contribution in [0.15, 0.2) is 0 Å². The van der Waals surface area contributed by atoms with Crippen molar-refractivity contribution in [3.63, 3.8) is 0 Å². The fraction of sp³-hybridized carbons (Fsp3) is 0.941. The molecule has 0 saturated carbocycles. The van der Waals surface area contributed by atoms with E-state index in [-0.39, 0.29) is 5.91 Å². The van der Waals surface area contributed by atoms with E-state index >= 15 is 0 Å². The van der Waals surface area contributed by atoms with Gasteiger partial charge in [0.25, 0.3) is 0 Å². The molecule has 7 heteroatoms. The molecule has 0 aliphatic heterocycles. The molecule has 0 radical (unpaired) electrons. The minimum absolute atomic E-state index is 0.0434. The van der Waals surface area contributed by atoms with Crippen LogP contribution in [-0.2, 0) is 23.7 Å². The molecule has 0 aliphatic carbocycles. The number of rotatable bonds is 18. The van der Waals surface area contributed by atoms with Crippen LogP contribution in [0.4, 0.5) is 0 Å². The van der Waals surface area contributed by atoms with Crippen molar-refractivity contribution in [1.82, 2.24) is 10.6 Å². The van der Waals surface area contributed by atoms with E-state index in [4.69, 9.17) is 18.9 Å². The minimum atomic E-state index is 0.0434. The molecule has 24 heavy (non-hydrogen) atoms. The first kappa shape index (κ1) is 23.3. The second kappa shape index (κ2) is 18.6. The summed E-state index contributed by atoms with van der Waals surface area (Å²) in [6, 6.07) is 0. The molecule has 0 aromatic heterocycles. The van der Waals surface area contributed by atoms with Crippen LogP contribution in [0.25, 0.3) is 0 Å². The molecule has 0 atom stereocenters. The Morgan fingerprint density at radius 3 is 1.79 bits per heavy atom. The second-order valence-corrected chi connectivity index (χ2v) is 5.84. The standard InChI is InChI=1S/C17H36N2O5/c1-16(2)4-6-19-17(20)5-8-21-10-12-23-14-15-24-13-11-22-9-7-18-3/h16,18H,4-15H2,1-3H3,(H,19,20). The summed E-state index contributed by atoms with van der Waals surface area (Å²) in [5, 5.41) is 5.89. The predicted octanol–water partition coefficient (Wildman–Crippen LogP) is 0.825. The van der Waals surface area contributed by atoms with Gasteiger partial charge < -0.3 is 29.6 Å². The first-order valence-corrected chi connectivity index (χ1v) is 8.89. The normalized spacial score (nSPS) is 11.2. The van der Waals surface area contributed by atoms with Crippen LogP contribution in [0.1, 0.15) is 26.7 Å². The van der Waals surface area contributed by atoms with Crippen LogP contribution >= 0.6 is 0 Å². The summed E-state index contributed by atoms with van der Waals surface area (Å²) < 4.78 is 21.4. The van der Waals surface area contributed by atoms with Crippen molar-refractivity contribution in [2.75, 3.05) is 73.0 Å². The maximum Gasteiger partial charge on any atom is 0.222 e. The molecule has 0 rings (SSSR count). The molecule has 0 aromatic rings. The van der Waals surface area contributed by atoms with Gasteiger partial charge in [-0.15, -0.1) is 0 Å². The molecule has 2 N–H and O–H groups in total. The average molecular weight is 348 g/mol. The highest BCUT2D eigenvalue weighted by Gasteiger charge is 2.01. The van der Waals surface area contributed by atoms with Gasteiger partial charge in [-0.2, -0.15) is 0 Å². The number of likely N-dealkylation sites (N-methyl/N-ethyl adjacent to an activating group) is 1. The van der Waals surface area contributed by atoms with Gasteiger partial charge >= 0.3 is 0 Å². The van der Waals surface area contributed by atoms with Crippen molar-refractivity contribution in [3.8, 4) is 0 Å². The van der Waals surface area contributed by atoms with Crippen LogP contribution in [0, 0.1) is 5.92 Å². The first-order valence-electron chi connectivity index (χ1n) is 8.89. The van der Waals surface area contributed by atoms with Crippen LogP contribution in [0.3, 0.4) is 0 Å². The van der Waals surface area contributed by atoms with Gasteiger partial charge in [0, 0.05) is 19.5 Å². The molecule has 0 saturated heterocycles. The Labute approximate surface area is 146 Å². The largest absolute Gasteiger partial charge is 0.379 e. The Hall–Kier alpha value is -0.730. The Morgan fingerprint density at radius 1 is 0.792 bits per heavy atom. The zero-order valence-corrected chi connectivity index (χ0v) is 15.6. The second-order valence-electron chi connectivity index (χ2n) is 5.84. The number of nitrogens with one attached hydrogen (secondary N) is 2. The van der Waals surface area contributed by atoms with Gasteiger partial charge in [-0.25, -0.2) is 0 Å². The molecule has 0 fully saturated rings. The summed E-state index contributed by atoms with van der Waals surface area (Å²) in [5.41, 5.74) is 0. The number of hydrogen-bond acceptors (Lipinski definition) is 6. The predicted molar refractivity (Wildman–Crippen MR) is 94.3 cm³/mol. The molecule has 1 amide bonds. The van der Waals surface area contributed by atoms with Crippen molar-refractivity contribution >= 4 is 5.91 Å². The van der Waals surface area contributed by atoms with E-state index < -0.39 is 0 Å². The monoisotopic (exact) mass is 348 g/mol. The maximum absolute atomic E-state index is 11.5. The molecule has 0 aromatic carbocycles. The molecule has 144 valence electrons. The zero-order chi connectivity index (χ0) is 17.9. The lowest BCUT2D eigenvalue weighted by molar-refractivity contribution is -0.122. The van der Waals surface area contributed by atoms with Gasteiger partial charge in [-0.1, -0.05) is 13.8 Å². The third kappa shape index (κ3) is 19.3. The molecule has 0 bridgehead atoms. The van der Waals surface area contributed by atoms with E-state index in [0.29, 0.717) is 65.2 Å². The van der Waals surface area contributed by atoms with E-state index in [1.54, 1.807) is 0 Å². The van der Waals surface area contributed by atoms with Gasteiger partial charge in [-0.05, 0) is 19.4 Å². The lowest BCUT2D eigenvalue weighted by Gasteiger charge is -2.08. The molecular weight excluding hydrogens is 312 g/mol. The molecule has 0 heterocycles. The van der Waals surface area contributed by atoms with Gasteiger partial charge in [0.1, 0.15) is 0 Å². The van der Waals surface area contributed by atoms with E-state index in [2.05, 4.69) is 24.5 Å². The maximum atomic E-state index is 11.5. The van der Waals surface area contributed by atoms with Crippen LogP contribution < -0.4 is 10.6 Å². The number of ether oxygens (including phenoxy) is 4. The summed E-state index contributed by atoms with van der Waals surface area (Å²) in [4.78, 5) is 11.5. The summed E-state index contributed by atoms with van der Waals surface area (Å²) in [7, 11) is 1.89. The van der Waals surface area contributed by atoms with Crippen molar-refractivity contribution in [2.24, 2.45) is 5.92 Å². The minimum Gasteiger partial charge on any atom is -0.379 e. The Kier molecular flexibility index (Phi) is 18.0. The van der Waals surface area contributed by atoms with E-state index in [1.165, 1.54) is 0 Å². The van der Waals surface area contributed by atoms with Crippen molar-refractivity contribution in [1.29, 1.82) is 0 Å². The van der Waals surface area contributed by atoms with E-state index in [1.807, 2.05) is 7.05 Å². The molecular formula is C17H36N2O5. The topological polar surface area (TPSA) is 78.1 Å². The Bertz CT molecular complexity index is 278. The third-order valence-electron chi connectivity index (χ3n) is 3.13. The average Bonchev–Trinajstić information content (AvgIpc) is 2.55. The lowest BCUT2D eigenvalue weighted by atomic mass is 10.1. The number of carbonyl (C=O) groups excluding carboxylic acids is 1. The Balaban J connectivity index is 3.10. The summed E-state index contributed by atoms with van der Waals surface area (Å²) >= 11 is 0. The van der Waals surface area contributed by atoms with E-state index in [9.17, 15) is 4.79 Å². The Morgan fingerprint density at radius 2 is 1.29 bits per heavy atom. The zero-order valence-electron chi connectivity index (χ0n) is 15.6. The van der Waals surface area contributed by atoms with Crippen LogP contribution in [0.2, 0.25) is 0 Å². The summed E-state index contributed by atoms with van der Waals surface area (Å²) in [6.45, 7) is 10.3. The smallest absolute Gasteiger partial charge is 0.222 e. The van der Waals surface area contributed by atoms with Gasteiger partial charge in [0.05, 0.1) is 52.9 Å². The fourth-order valence-electron chi connectivity index (χ4n) is 1.69. The number of hydrogen-bond donors (Lipinski definition) is 2. The SMILES string of the molecule is CNCCOCCOCCOCCOCCC(=O)NCCC(C)C. The van der Waals surface area contributed by atoms with Crippen molar-refractivity contribution in [3.05, 3.63) is 0 Å². The van der Waals surface area contributed by atoms with E-state index in [0.717, 1.165) is 19.5 Å². The first-order chi connectivity index (χ1) is 11.7. The summed E-state index contributed by atoms with van der Waals surface area (Å²) in [5.74, 6) is 0.649. The molecule has 0 spiro atoms. The van der Waals surface area contributed by atoms with Crippen LogP contribution in [0.5, 0.6) is 0 Å². The van der Waals surface area contributed by atoms with Gasteiger partial charge in [0.15, 0.2) is 0 Å². The van der Waals surface area contributed by atoms with Gasteiger partial charge in [-0.3, -0.25) is 4.79 Å². The van der Waals surface area contributed by atoms with Crippen molar-refractivity contribution < 1.29 is 23.7 Å².